The molecule has 0 aliphatic carbocycles. The lowest BCUT2D eigenvalue weighted by molar-refractivity contribution is -0.124. The van der Waals surface area contributed by atoms with Crippen LogP contribution in [0.5, 0.6) is 0 Å². The maximum absolute atomic E-state index is 11.1. The van der Waals surface area contributed by atoms with Gasteiger partial charge in [0.15, 0.2) is 5.78 Å². The van der Waals surface area contributed by atoms with E-state index in [0.29, 0.717) is 13.0 Å². The van der Waals surface area contributed by atoms with Crippen molar-refractivity contribution in [2.75, 3.05) is 6.61 Å². The van der Waals surface area contributed by atoms with Gasteiger partial charge in [-0.25, -0.2) is 0 Å². The van der Waals surface area contributed by atoms with Gasteiger partial charge in [-0.05, 0) is 18.1 Å². The van der Waals surface area contributed by atoms with Crippen LogP contribution in [0.2, 0.25) is 0 Å². The maximum atomic E-state index is 11.1. The predicted molar refractivity (Wildman–Crippen MR) is 53.8 cm³/mol. The Labute approximate surface area is 84.1 Å². The van der Waals surface area contributed by atoms with E-state index in [-0.39, 0.29) is 12.4 Å². The summed E-state index contributed by atoms with van der Waals surface area (Å²) in [5, 5.41) is 0. The summed E-state index contributed by atoms with van der Waals surface area (Å²) >= 11 is 0. The van der Waals surface area contributed by atoms with E-state index in [9.17, 15) is 4.79 Å². The molecule has 14 heavy (non-hydrogen) atoms. The van der Waals surface area contributed by atoms with Crippen LogP contribution in [0.4, 0.5) is 0 Å². The van der Waals surface area contributed by atoms with Crippen molar-refractivity contribution < 1.29 is 9.53 Å². The summed E-state index contributed by atoms with van der Waals surface area (Å²) < 4.78 is 5.24. The zero-order valence-electron chi connectivity index (χ0n) is 8.40. The Bertz CT molecular complexity index is 272. The molecule has 1 aromatic heterocycles. The monoisotopic (exact) mass is 193 g/mol. The Kier molecular flexibility index (Phi) is 4.86. The van der Waals surface area contributed by atoms with Gasteiger partial charge in [-0.1, -0.05) is 13.0 Å². The minimum absolute atomic E-state index is 0.163. The Hall–Kier alpha value is -1.22. The molecule has 0 unspecified atom stereocenters. The number of pyridine rings is 1. The van der Waals surface area contributed by atoms with Gasteiger partial charge in [0.1, 0.15) is 6.61 Å². The van der Waals surface area contributed by atoms with Gasteiger partial charge in [-0.2, -0.15) is 0 Å². The van der Waals surface area contributed by atoms with Crippen LogP contribution in [0.15, 0.2) is 24.5 Å². The van der Waals surface area contributed by atoms with E-state index in [1.165, 1.54) is 0 Å². The lowest BCUT2D eigenvalue weighted by Gasteiger charge is -2.02. The van der Waals surface area contributed by atoms with Gasteiger partial charge in [-0.15, -0.1) is 0 Å². The molecule has 3 nitrogen and oxygen atoms in total. The predicted octanol–water partition coefficient (Wildman–Crippen LogP) is 1.97. The number of carbonyl (C=O) groups is 1. The summed E-state index contributed by atoms with van der Waals surface area (Å²) in [6.07, 6.45) is 4.94. The fraction of sp³-hybridized carbons (Fsp3) is 0.455. The first-order valence-electron chi connectivity index (χ1n) is 4.81. The van der Waals surface area contributed by atoms with Gasteiger partial charge in [0.2, 0.25) is 0 Å². The molecule has 1 heterocycles. The molecule has 0 aliphatic rings. The van der Waals surface area contributed by atoms with Gasteiger partial charge >= 0.3 is 0 Å². The Morgan fingerprint density at radius 3 is 3.07 bits per heavy atom. The van der Waals surface area contributed by atoms with Crippen molar-refractivity contribution in [3.63, 3.8) is 0 Å². The second kappa shape index (κ2) is 6.27. The molecular weight excluding hydrogens is 178 g/mol. The van der Waals surface area contributed by atoms with Crippen LogP contribution in [-0.4, -0.2) is 17.4 Å². The third-order valence-electron chi connectivity index (χ3n) is 1.78. The third-order valence-corrected chi connectivity index (χ3v) is 1.78. The van der Waals surface area contributed by atoms with Gasteiger partial charge in [-0.3, -0.25) is 9.78 Å². The van der Waals surface area contributed by atoms with Crippen molar-refractivity contribution in [2.24, 2.45) is 0 Å². The standard InChI is InChI=1S/C11H15NO2/c1-2-4-11(13)9-14-8-10-5-3-6-12-7-10/h3,5-7H,2,4,8-9H2,1H3. The molecule has 0 saturated carbocycles. The summed E-state index contributed by atoms with van der Waals surface area (Å²) in [6.45, 7) is 2.66. The van der Waals surface area contributed by atoms with Crippen molar-refractivity contribution in [3.8, 4) is 0 Å². The van der Waals surface area contributed by atoms with Crippen LogP contribution in [-0.2, 0) is 16.1 Å². The van der Waals surface area contributed by atoms with E-state index in [0.717, 1.165) is 12.0 Å². The molecule has 0 N–H and O–H groups in total. The number of Topliss-reactive ketones (excluding diaryl/α,β-unsaturated/α-hetero) is 1. The smallest absolute Gasteiger partial charge is 0.158 e. The number of hydrogen-bond donors (Lipinski definition) is 0. The number of aromatic nitrogens is 1. The van der Waals surface area contributed by atoms with Crippen molar-refractivity contribution in [3.05, 3.63) is 30.1 Å². The molecule has 0 saturated heterocycles. The van der Waals surface area contributed by atoms with E-state index >= 15 is 0 Å². The van der Waals surface area contributed by atoms with Crippen LogP contribution < -0.4 is 0 Å². The average Bonchev–Trinajstić information content (AvgIpc) is 2.20. The molecule has 0 atom stereocenters. The third kappa shape index (κ3) is 4.14. The lowest BCUT2D eigenvalue weighted by Crippen LogP contribution is -2.07. The molecule has 3 heteroatoms. The highest BCUT2D eigenvalue weighted by atomic mass is 16.5. The summed E-state index contributed by atoms with van der Waals surface area (Å²) in [6, 6.07) is 3.78. The van der Waals surface area contributed by atoms with Gasteiger partial charge in [0, 0.05) is 18.8 Å². The van der Waals surface area contributed by atoms with E-state index in [4.69, 9.17) is 4.74 Å². The first-order chi connectivity index (χ1) is 6.83. The van der Waals surface area contributed by atoms with Crippen molar-refractivity contribution in [2.45, 2.75) is 26.4 Å². The summed E-state index contributed by atoms with van der Waals surface area (Å²) in [5.74, 6) is 0.163. The van der Waals surface area contributed by atoms with Crippen molar-refractivity contribution in [1.29, 1.82) is 0 Å². The second-order valence-corrected chi connectivity index (χ2v) is 3.14. The molecule has 0 bridgehead atoms. The molecule has 0 radical (unpaired) electrons. The largest absolute Gasteiger partial charge is 0.369 e. The fourth-order valence-electron chi connectivity index (χ4n) is 1.12. The Balaban J connectivity index is 2.19. The molecule has 0 spiro atoms. The summed E-state index contributed by atoms with van der Waals surface area (Å²) in [4.78, 5) is 15.0. The molecular formula is C11H15NO2. The molecule has 0 aromatic carbocycles. The summed E-state index contributed by atoms with van der Waals surface area (Å²) in [7, 11) is 0. The molecule has 76 valence electrons. The van der Waals surface area contributed by atoms with Crippen LogP contribution in [0, 0.1) is 0 Å². The van der Waals surface area contributed by atoms with Crippen LogP contribution in [0.1, 0.15) is 25.3 Å². The normalized spacial score (nSPS) is 10.1. The minimum Gasteiger partial charge on any atom is -0.369 e. The molecule has 1 rings (SSSR count). The van der Waals surface area contributed by atoms with E-state index in [1.807, 2.05) is 19.1 Å². The minimum atomic E-state index is 0.163. The number of hydrogen-bond acceptors (Lipinski definition) is 3. The molecule has 0 aliphatic heterocycles. The number of nitrogens with zero attached hydrogens (tertiary/aromatic N) is 1. The number of carbonyl (C=O) groups excluding carboxylic acids is 1. The van der Waals surface area contributed by atoms with Gasteiger partial charge in [0.25, 0.3) is 0 Å². The van der Waals surface area contributed by atoms with E-state index in [1.54, 1.807) is 12.4 Å². The average molecular weight is 193 g/mol. The van der Waals surface area contributed by atoms with Crippen LogP contribution >= 0.6 is 0 Å². The first-order valence-corrected chi connectivity index (χ1v) is 4.81. The highest BCUT2D eigenvalue weighted by Gasteiger charge is 2.00. The zero-order chi connectivity index (χ0) is 10.2. The number of ketones is 1. The highest BCUT2D eigenvalue weighted by molar-refractivity contribution is 5.79. The van der Waals surface area contributed by atoms with Crippen molar-refractivity contribution in [1.82, 2.24) is 4.98 Å². The Morgan fingerprint density at radius 1 is 1.57 bits per heavy atom. The quantitative estimate of drug-likeness (QED) is 0.693. The van der Waals surface area contributed by atoms with Crippen LogP contribution in [0.3, 0.4) is 0 Å². The van der Waals surface area contributed by atoms with Crippen molar-refractivity contribution >= 4 is 5.78 Å². The molecule has 0 amide bonds. The lowest BCUT2D eigenvalue weighted by atomic mass is 10.2. The SMILES string of the molecule is CCCC(=O)COCc1cccnc1. The highest BCUT2D eigenvalue weighted by Crippen LogP contribution is 1.99. The number of ether oxygens (including phenoxy) is 1. The Morgan fingerprint density at radius 2 is 2.43 bits per heavy atom. The summed E-state index contributed by atoms with van der Waals surface area (Å²) in [5.41, 5.74) is 0.997. The van der Waals surface area contributed by atoms with Crippen LogP contribution in [0.25, 0.3) is 0 Å². The first kappa shape index (κ1) is 10.9. The van der Waals surface area contributed by atoms with E-state index < -0.39 is 0 Å². The second-order valence-electron chi connectivity index (χ2n) is 3.14. The topological polar surface area (TPSA) is 39.2 Å². The number of rotatable bonds is 6. The zero-order valence-corrected chi connectivity index (χ0v) is 8.40. The maximum Gasteiger partial charge on any atom is 0.158 e. The van der Waals surface area contributed by atoms with E-state index in [2.05, 4.69) is 4.98 Å². The fourth-order valence-corrected chi connectivity index (χ4v) is 1.12. The van der Waals surface area contributed by atoms with Gasteiger partial charge in [0.05, 0.1) is 6.61 Å². The van der Waals surface area contributed by atoms with Gasteiger partial charge < -0.3 is 4.74 Å². The molecule has 0 fully saturated rings. The molecule has 1 aromatic rings.